The number of rotatable bonds is 3. The number of hydrogen-bond donors (Lipinski definition) is 2. The molecule has 6 heteroatoms. The van der Waals surface area contributed by atoms with Crippen molar-refractivity contribution in [2.75, 3.05) is 5.32 Å². The molecule has 3 N–H and O–H groups in total. The fourth-order valence-corrected chi connectivity index (χ4v) is 2.99. The van der Waals surface area contributed by atoms with Gasteiger partial charge < -0.3 is 11.1 Å². The van der Waals surface area contributed by atoms with Crippen LogP contribution in [0.3, 0.4) is 0 Å². The van der Waals surface area contributed by atoms with E-state index in [-0.39, 0.29) is 0 Å². The van der Waals surface area contributed by atoms with E-state index in [1.165, 1.54) is 0 Å². The quantitative estimate of drug-likeness (QED) is 0.706. The molecule has 0 saturated heterocycles. The summed E-state index contributed by atoms with van der Waals surface area (Å²) in [5.74, 6) is 0. The molecule has 20 heavy (non-hydrogen) atoms. The lowest BCUT2D eigenvalue weighted by atomic mass is 10.1. The lowest BCUT2D eigenvalue weighted by molar-refractivity contribution is 1.49. The van der Waals surface area contributed by atoms with Crippen molar-refractivity contribution in [1.82, 2.24) is 4.98 Å². The maximum Gasteiger partial charge on any atom is 0.106 e. The zero-order valence-corrected chi connectivity index (χ0v) is 12.6. The van der Waals surface area contributed by atoms with Crippen molar-refractivity contribution in [1.29, 1.82) is 0 Å². The number of thiocarbonyl (C=S) groups is 1. The molecule has 2 aromatic carbocycles. The second-order valence-electron chi connectivity index (χ2n) is 4.21. The Hall–Kier alpha value is -1.69. The van der Waals surface area contributed by atoms with E-state index in [1.807, 2.05) is 35.8 Å². The van der Waals surface area contributed by atoms with Gasteiger partial charge in [-0.2, -0.15) is 0 Å². The molecule has 1 heterocycles. The van der Waals surface area contributed by atoms with E-state index in [1.54, 1.807) is 17.4 Å². The van der Waals surface area contributed by atoms with Crippen molar-refractivity contribution in [2.24, 2.45) is 5.73 Å². The Morgan fingerprint density at radius 1 is 1.25 bits per heavy atom. The highest BCUT2D eigenvalue weighted by Crippen LogP contribution is 2.28. The molecule has 0 aliphatic carbocycles. The first-order valence-corrected chi connectivity index (χ1v) is 7.50. The number of nitrogens with one attached hydrogen (secondary N) is 1. The van der Waals surface area contributed by atoms with Crippen molar-refractivity contribution in [3.8, 4) is 0 Å². The third-order valence-electron chi connectivity index (χ3n) is 2.86. The Kier molecular flexibility index (Phi) is 3.56. The highest BCUT2D eigenvalue weighted by Gasteiger charge is 2.07. The predicted octanol–water partition coefficient (Wildman–Crippen LogP) is 4.33. The number of benzene rings is 2. The minimum atomic E-state index is 0.336. The topological polar surface area (TPSA) is 50.9 Å². The summed E-state index contributed by atoms with van der Waals surface area (Å²) >= 11 is 12.7. The van der Waals surface area contributed by atoms with Gasteiger partial charge in [0.2, 0.25) is 0 Å². The number of nitrogens with two attached hydrogens (primary N) is 1. The van der Waals surface area contributed by atoms with Gasteiger partial charge in [0.1, 0.15) is 4.99 Å². The van der Waals surface area contributed by atoms with Crippen LogP contribution in [0.4, 0.5) is 11.4 Å². The number of thiazole rings is 1. The number of hydrogen-bond acceptors (Lipinski definition) is 4. The summed E-state index contributed by atoms with van der Waals surface area (Å²) < 4.78 is 1.12. The summed E-state index contributed by atoms with van der Waals surface area (Å²) in [5, 5.41) is 3.93. The van der Waals surface area contributed by atoms with E-state index in [9.17, 15) is 0 Å². The van der Waals surface area contributed by atoms with Gasteiger partial charge >= 0.3 is 0 Å². The fourth-order valence-electron chi connectivity index (χ4n) is 1.92. The number of aromatic nitrogens is 1. The van der Waals surface area contributed by atoms with Gasteiger partial charge in [-0.1, -0.05) is 23.8 Å². The van der Waals surface area contributed by atoms with Crippen LogP contribution in [0.5, 0.6) is 0 Å². The van der Waals surface area contributed by atoms with Crippen molar-refractivity contribution in [3.05, 3.63) is 52.5 Å². The molecule has 1 aromatic heterocycles. The molecule has 0 fully saturated rings. The third kappa shape index (κ3) is 2.60. The summed E-state index contributed by atoms with van der Waals surface area (Å²) in [7, 11) is 0. The van der Waals surface area contributed by atoms with Gasteiger partial charge in [0.25, 0.3) is 0 Å². The molecule has 3 nitrogen and oxygen atoms in total. The zero-order chi connectivity index (χ0) is 14.1. The number of halogens is 1. The molecular weight excluding hydrogens is 310 g/mol. The van der Waals surface area contributed by atoms with Crippen LogP contribution in [-0.2, 0) is 0 Å². The summed E-state index contributed by atoms with van der Waals surface area (Å²) in [6, 6.07) is 11.4. The van der Waals surface area contributed by atoms with Crippen LogP contribution in [0.2, 0.25) is 5.02 Å². The van der Waals surface area contributed by atoms with Crippen molar-refractivity contribution < 1.29 is 0 Å². The summed E-state index contributed by atoms with van der Waals surface area (Å²) in [4.78, 5) is 4.59. The van der Waals surface area contributed by atoms with Gasteiger partial charge in [0.05, 0.1) is 21.4 Å². The van der Waals surface area contributed by atoms with Crippen LogP contribution >= 0.6 is 35.2 Å². The highest BCUT2D eigenvalue weighted by molar-refractivity contribution is 7.80. The van der Waals surface area contributed by atoms with Crippen molar-refractivity contribution >= 4 is 61.7 Å². The first-order chi connectivity index (χ1) is 9.63. The van der Waals surface area contributed by atoms with Crippen LogP contribution in [0.25, 0.3) is 10.2 Å². The molecule has 0 radical (unpaired) electrons. The molecule has 0 amide bonds. The van der Waals surface area contributed by atoms with E-state index >= 15 is 0 Å². The maximum atomic E-state index is 6.03. The van der Waals surface area contributed by atoms with Gasteiger partial charge in [-0.15, -0.1) is 11.3 Å². The van der Waals surface area contributed by atoms with Crippen LogP contribution in [0, 0.1) is 0 Å². The lowest BCUT2D eigenvalue weighted by Crippen LogP contribution is -2.11. The summed E-state index contributed by atoms with van der Waals surface area (Å²) in [6.07, 6.45) is 0. The van der Waals surface area contributed by atoms with Crippen LogP contribution < -0.4 is 11.1 Å². The normalized spacial score (nSPS) is 10.7. The first-order valence-electron chi connectivity index (χ1n) is 5.83. The largest absolute Gasteiger partial charge is 0.389 e. The van der Waals surface area contributed by atoms with Crippen LogP contribution in [0.1, 0.15) is 5.56 Å². The Morgan fingerprint density at radius 2 is 2.10 bits per heavy atom. The second-order valence-corrected chi connectivity index (χ2v) is 5.98. The molecule has 3 rings (SSSR count). The zero-order valence-electron chi connectivity index (χ0n) is 10.3. The van der Waals surface area contributed by atoms with E-state index in [0.717, 1.165) is 27.2 Å². The fraction of sp³-hybridized carbons (Fsp3) is 0. The molecule has 100 valence electrons. The molecule has 0 unspecified atom stereocenters. The second kappa shape index (κ2) is 5.36. The average Bonchev–Trinajstić information content (AvgIpc) is 2.85. The molecule has 0 spiro atoms. The molecule has 0 atom stereocenters. The molecule has 0 saturated carbocycles. The highest BCUT2D eigenvalue weighted by atomic mass is 35.5. The van der Waals surface area contributed by atoms with Gasteiger partial charge in [0, 0.05) is 16.3 Å². The summed E-state index contributed by atoms with van der Waals surface area (Å²) in [6.45, 7) is 0. The standard InChI is InChI=1S/C14H10ClN3S2/c15-8-1-3-10(14(16)19)12(5-8)18-9-2-4-11-13(6-9)20-7-17-11/h1-7,18H,(H2,16,19). The van der Waals surface area contributed by atoms with Gasteiger partial charge in [-0.05, 0) is 36.4 Å². The number of anilines is 2. The van der Waals surface area contributed by atoms with E-state index in [4.69, 9.17) is 29.6 Å². The van der Waals surface area contributed by atoms with E-state index in [0.29, 0.717) is 10.0 Å². The van der Waals surface area contributed by atoms with Crippen molar-refractivity contribution in [3.63, 3.8) is 0 Å². The SMILES string of the molecule is NC(=S)c1ccc(Cl)cc1Nc1ccc2ncsc2c1. The van der Waals surface area contributed by atoms with Gasteiger partial charge in [-0.3, -0.25) is 0 Å². The average molecular weight is 320 g/mol. The monoisotopic (exact) mass is 319 g/mol. The molecule has 3 aromatic rings. The first kappa shape index (κ1) is 13.3. The molecule has 0 aliphatic heterocycles. The smallest absolute Gasteiger partial charge is 0.106 e. The molecule has 0 bridgehead atoms. The lowest BCUT2D eigenvalue weighted by Gasteiger charge is -2.11. The Labute approximate surface area is 130 Å². The molecule has 0 aliphatic rings. The van der Waals surface area contributed by atoms with E-state index < -0.39 is 0 Å². The van der Waals surface area contributed by atoms with Gasteiger partial charge in [0.15, 0.2) is 0 Å². The maximum absolute atomic E-state index is 6.03. The van der Waals surface area contributed by atoms with E-state index in [2.05, 4.69) is 10.3 Å². The van der Waals surface area contributed by atoms with Crippen LogP contribution in [-0.4, -0.2) is 9.97 Å². The van der Waals surface area contributed by atoms with Crippen LogP contribution in [0.15, 0.2) is 41.9 Å². The Bertz CT molecular complexity index is 798. The summed E-state index contributed by atoms with van der Waals surface area (Å²) in [5.41, 5.74) is 11.1. The predicted molar refractivity (Wildman–Crippen MR) is 90.2 cm³/mol. The van der Waals surface area contributed by atoms with Gasteiger partial charge in [-0.25, -0.2) is 4.98 Å². The number of nitrogens with zero attached hydrogens (tertiary/aromatic N) is 1. The Balaban J connectivity index is 2.01. The third-order valence-corrected chi connectivity index (χ3v) is 4.10. The number of fused-ring (bicyclic) bond motifs is 1. The Morgan fingerprint density at radius 3 is 2.90 bits per heavy atom. The van der Waals surface area contributed by atoms with Crippen molar-refractivity contribution in [2.45, 2.75) is 0 Å². The minimum Gasteiger partial charge on any atom is -0.389 e. The minimum absolute atomic E-state index is 0.336. The molecular formula is C14H10ClN3S2.